The van der Waals surface area contributed by atoms with Gasteiger partial charge in [-0.1, -0.05) is 25.7 Å². The van der Waals surface area contributed by atoms with Gasteiger partial charge in [-0.2, -0.15) is 0 Å². The monoisotopic (exact) mass is 448 g/mol. The van der Waals surface area contributed by atoms with Crippen LogP contribution in [0.15, 0.2) is 4.99 Å². The van der Waals surface area contributed by atoms with E-state index in [1.54, 1.807) is 19.0 Å². The lowest BCUT2D eigenvalue weighted by atomic mass is 9.68. The van der Waals surface area contributed by atoms with Gasteiger partial charge in [-0.3, -0.25) is 4.79 Å². The zero-order chi connectivity index (χ0) is 16.3. The Bertz CT molecular complexity index is 456. The summed E-state index contributed by atoms with van der Waals surface area (Å²) in [6, 6.07) is 0.537. The van der Waals surface area contributed by atoms with Crippen LogP contribution in [0.5, 0.6) is 0 Å². The molecule has 0 aromatic carbocycles. The molecule has 0 atom stereocenters. The SMILES string of the molecule is CN(C)C(=O)CN=C(NC1CCCCC1)N1CCC2(CCC2)C1.I. The smallest absolute Gasteiger partial charge is 0.243 e. The van der Waals surface area contributed by atoms with Crippen molar-refractivity contribution in [2.24, 2.45) is 10.4 Å². The Labute approximate surface area is 163 Å². The Morgan fingerprint density at radius 2 is 1.88 bits per heavy atom. The molecule has 1 N–H and O–H groups in total. The number of nitrogens with one attached hydrogen (secondary N) is 1. The van der Waals surface area contributed by atoms with Crippen LogP contribution in [0.2, 0.25) is 0 Å². The van der Waals surface area contributed by atoms with E-state index >= 15 is 0 Å². The highest BCUT2D eigenvalue weighted by molar-refractivity contribution is 14.0. The highest BCUT2D eigenvalue weighted by Crippen LogP contribution is 2.47. The van der Waals surface area contributed by atoms with E-state index in [2.05, 4.69) is 15.2 Å². The Kier molecular flexibility index (Phi) is 7.19. The molecule has 138 valence electrons. The maximum absolute atomic E-state index is 11.9. The van der Waals surface area contributed by atoms with E-state index in [9.17, 15) is 4.79 Å². The van der Waals surface area contributed by atoms with Crippen LogP contribution >= 0.6 is 24.0 Å². The van der Waals surface area contributed by atoms with Gasteiger partial charge in [0.25, 0.3) is 0 Å². The number of guanidine groups is 1. The summed E-state index contributed by atoms with van der Waals surface area (Å²) in [6.07, 6.45) is 11.9. The molecule has 5 nitrogen and oxygen atoms in total. The van der Waals surface area contributed by atoms with Crippen LogP contribution in [-0.4, -0.2) is 61.4 Å². The first-order chi connectivity index (χ1) is 11.1. The van der Waals surface area contributed by atoms with Gasteiger partial charge in [-0.05, 0) is 37.5 Å². The molecule has 0 aromatic rings. The molecule has 1 heterocycles. The van der Waals surface area contributed by atoms with Crippen molar-refractivity contribution in [3.63, 3.8) is 0 Å². The van der Waals surface area contributed by atoms with E-state index in [-0.39, 0.29) is 36.4 Å². The summed E-state index contributed by atoms with van der Waals surface area (Å²) in [7, 11) is 3.59. The number of aliphatic imine (C=N–C) groups is 1. The average Bonchev–Trinajstić information content (AvgIpc) is 2.97. The van der Waals surface area contributed by atoms with Gasteiger partial charge in [-0.25, -0.2) is 4.99 Å². The van der Waals surface area contributed by atoms with E-state index < -0.39 is 0 Å². The summed E-state index contributed by atoms with van der Waals surface area (Å²) in [5.74, 6) is 1.06. The fraction of sp³-hybridized carbons (Fsp3) is 0.889. The van der Waals surface area contributed by atoms with Crippen LogP contribution in [0.25, 0.3) is 0 Å². The quantitative estimate of drug-likeness (QED) is 0.411. The minimum Gasteiger partial charge on any atom is -0.353 e. The fourth-order valence-electron chi connectivity index (χ4n) is 4.15. The van der Waals surface area contributed by atoms with Crippen molar-refractivity contribution in [2.75, 3.05) is 33.7 Å². The van der Waals surface area contributed by atoms with E-state index in [1.807, 2.05) is 0 Å². The van der Waals surface area contributed by atoms with Crippen LogP contribution in [0.3, 0.4) is 0 Å². The molecule has 3 rings (SSSR count). The van der Waals surface area contributed by atoms with Crippen LogP contribution in [-0.2, 0) is 4.79 Å². The average molecular weight is 448 g/mol. The maximum Gasteiger partial charge on any atom is 0.243 e. The molecule has 3 fully saturated rings. The maximum atomic E-state index is 11.9. The number of amides is 1. The van der Waals surface area contributed by atoms with Crippen LogP contribution in [0.1, 0.15) is 57.8 Å². The Balaban J connectivity index is 0.00000208. The minimum atomic E-state index is 0. The van der Waals surface area contributed by atoms with E-state index in [0.717, 1.165) is 19.0 Å². The number of likely N-dealkylation sites (N-methyl/N-ethyl adjacent to an activating group) is 1. The molecule has 1 aliphatic heterocycles. The van der Waals surface area contributed by atoms with Crippen LogP contribution in [0.4, 0.5) is 0 Å². The molecule has 24 heavy (non-hydrogen) atoms. The third kappa shape index (κ3) is 4.76. The molecular formula is C18H33IN4O. The number of nitrogens with zero attached hydrogens (tertiary/aromatic N) is 3. The van der Waals surface area contributed by atoms with E-state index in [4.69, 9.17) is 0 Å². The second-order valence-corrected chi connectivity index (χ2v) is 7.93. The lowest BCUT2D eigenvalue weighted by Gasteiger charge is -2.38. The first-order valence-corrected chi connectivity index (χ1v) is 9.34. The molecule has 6 heteroatoms. The number of rotatable bonds is 3. The predicted molar refractivity (Wildman–Crippen MR) is 109 cm³/mol. The van der Waals surface area contributed by atoms with Crippen molar-refractivity contribution in [1.82, 2.24) is 15.1 Å². The van der Waals surface area contributed by atoms with Crippen molar-refractivity contribution in [3.8, 4) is 0 Å². The van der Waals surface area contributed by atoms with E-state index in [0.29, 0.717) is 11.5 Å². The number of halogens is 1. The molecule has 2 saturated carbocycles. The second kappa shape index (κ2) is 8.72. The summed E-state index contributed by atoms with van der Waals surface area (Å²) in [4.78, 5) is 20.6. The van der Waals surface area contributed by atoms with Crippen molar-refractivity contribution < 1.29 is 4.79 Å². The van der Waals surface area contributed by atoms with Gasteiger partial charge in [0, 0.05) is 33.2 Å². The number of hydrogen-bond acceptors (Lipinski definition) is 2. The number of carbonyl (C=O) groups is 1. The largest absolute Gasteiger partial charge is 0.353 e. The summed E-state index contributed by atoms with van der Waals surface area (Å²) in [5.41, 5.74) is 0.556. The third-order valence-electron chi connectivity index (χ3n) is 5.95. The fourth-order valence-corrected chi connectivity index (χ4v) is 4.15. The lowest BCUT2D eigenvalue weighted by molar-refractivity contribution is -0.127. The van der Waals surface area contributed by atoms with Gasteiger partial charge in [0.15, 0.2) is 5.96 Å². The van der Waals surface area contributed by atoms with Crippen molar-refractivity contribution >= 4 is 35.8 Å². The van der Waals surface area contributed by atoms with Gasteiger partial charge in [0.2, 0.25) is 5.91 Å². The van der Waals surface area contributed by atoms with Gasteiger partial charge in [0.1, 0.15) is 6.54 Å². The molecule has 1 saturated heterocycles. The molecule has 0 radical (unpaired) electrons. The Morgan fingerprint density at radius 1 is 1.17 bits per heavy atom. The molecule has 0 bridgehead atoms. The normalized spacial score (nSPS) is 23.6. The number of hydrogen-bond donors (Lipinski definition) is 1. The molecule has 0 unspecified atom stereocenters. The first kappa shape index (κ1) is 19.8. The molecule has 0 aromatic heterocycles. The minimum absolute atomic E-state index is 0. The van der Waals surface area contributed by atoms with Crippen molar-refractivity contribution in [1.29, 1.82) is 0 Å². The molecular weight excluding hydrogens is 415 g/mol. The summed E-state index contributed by atoms with van der Waals surface area (Å²) in [5, 5.41) is 3.68. The second-order valence-electron chi connectivity index (χ2n) is 7.93. The van der Waals surface area contributed by atoms with Crippen LogP contribution in [0, 0.1) is 5.41 Å². The molecule has 3 aliphatic rings. The molecule has 2 aliphatic carbocycles. The lowest BCUT2D eigenvalue weighted by Crippen LogP contribution is -2.47. The summed E-state index contributed by atoms with van der Waals surface area (Å²) >= 11 is 0. The summed E-state index contributed by atoms with van der Waals surface area (Å²) in [6.45, 7) is 2.47. The Morgan fingerprint density at radius 3 is 2.42 bits per heavy atom. The van der Waals surface area contributed by atoms with Crippen molar-refractivity contribution in [2.45, 2.75) is 63.8 Å². The zero-order valence-corrected chi connectivity index (χ0v) is 17.6. The highest BCUT2D eigenvalue weighted by atomic mass is 127. The van der Waals surface area contributed by atoms with Crippen LogP contribution < -0.4 is 5.32 Å². The van der Waals surface area contributed by atoms with Gasteiger partial charge in [0.05, 0.1) is 0 Å². The standard InChI is InChI=1S/C18H32N4O.HI/c1-21(2)16(23)13-19-17(20-15-7-4-3-5-8-15)22-12-11-18(14-22)9-6-10-18;/h15H,3-14H2,1-2H3,(H,19,20);1H. The highest BCUT2D eigenvalue weighted by Gasteiger charge is 2.43. The zero-order valence-electron chi connectivity index (χ0n) is 15.2. The van der Waals surface area contributed by atoms with Crippen molar-refractivity contribution in [3.05, 3.63) is 0 Å². The predicted octanol–water partition coefficient (Wildman–Crippen LogP) is 2.85. The number of carbonyl (C=O) groups excluding carboxylic acids is 1. The molecule has 1 spiro atoms. The first-order valence-electron chi connectivity index (χ1n) is 9.34. The van der Waals surface area contributed by atoms with Gasteiger partial charge >= 0.3 is 0 Å². The van der Waals surface area contributed by atoms with E-state index in [1.165, 1.54) is 57.8 Å². The third-order valence-corrected chi connectivity index (χ3v) is 5.95. The molecule has 1 amide bonds. The van der Waals surface area contributed by atoms with Gasteiger partial charge < -0.3 is 15.1 Å². The topological polar surface area (TPSA) is 47.9 Å². The van der Waals surface area contributed by atoms with Gasteiger partial charge in [-0.15, -0.1) is 24.0 Å². The summed E-state index contributed by atoms with van der Waals surface area (Å²) < 4.78 is 0. The Hall–Kier alpha value is -0.530. The number of likely N-dealkylation sites (tertiary alicyclic amines) is 1.